The number of hydrogen-bond donors (Lipinski definition) is 4. The lowest BCUT2D eigenvalue weighted by Crippen LogP contribution is -2.46. The van der Waals surface area contributed by atoms with Crippen LogP contribution in [0.2, 0.25) is 0 Å². The molecule has 1 atom stereocenters. The molecule has 2 heterocycles. The minimum atomic E-state index is -0.752. The maximum absolute atomic E-state index is 13.2. The van der Waals surface area contributed by atoms with E-state index < -0.39 is 6.04 Å². The maximum Gasteiger partial charge on any atom is 0.249 e. The van der Waals surface area contributed by atoms with Gasteiger partial charge in [0.05, 0.1) is 17.5 Å². The summed E-state index contributed by atoms with van der Waals surface area (Å²) in [5.41, 5.74) is 4.41. The molecular formula is C26H23N5O2. The van der Waals surface area contributed by atoms with E-state index in [1.807, 2.05) is 85.1 Å². The molecule has 0 unspecified atom stereocenters. The normalized spacial score (nSPS) is 12.0. The van der Waals surface area contributed by atoms with Crippen molar-refractivity contribution in [3.8, 4) is 0 Å². The van der Waals surface area contributed by atoms with E-state index in [2.05, 4.69) is 25.6 Å². The van der Waals surface area contributed by atoms with Crippen LogP contribution in [0.25, 0.3) is 21.9 Å². The van der Waals surface area contributed by atoms with Crippen molar-refractivity contribution >= 4 is 39.7 Å². The van der Waals surface area contributed by atoms with Gasteiger partial charge in [0.25, 0.3) is 0 Å². The van der Waals surface area contributed by atoms with Crippen LogP contribution >= 0.6 is 0 Å². The fourth-order valence-electron chi connectivity index (χ4n) is 3.97. The summed E-state index contributed by atoms with van der Waals surface area (Å²) in [6, 6.07) is 24.2. The van der Waals surface area contributed by atoms with Gasteiger partial charge in [0.15, 0.2) is 0 Å². The summed E-state index contributed by atoms with van der Waals surface area (Å²) in [6.07, 6.45) is 2.38. The van der Waals surface area contributed by atoms with Crippen LogP contribution in [0, 0.1) is 0 Å². The molecule has 0 fully saturated rings. The minimum Gasteiger partial charge on any atom is -0.361 e. The molecule has 7 nitrogen and oxygen atoms in total. The van der Waals surface area contributed by atoms with Crippen LogP contribution in [0.1, 0.15) is 11.1 Å². The van der Waals surface area contributed by atoms with Crippen molar-refractivity contribution in [1.29, 1.82) is 0 Å². The number of aromatic amines is 2. The monoisotopic (exact) mass is 437 g/mol. The van der Waals surface area contributed by atoms with E-state index in [0.29, 0.717) is 12.4 Å². The van der Waals surface area contributed by atoms with Gasteiger partial charge in [0.2, 0.25) is 17.8 Å². The standard InChI is InChI=1S/C26H23N5O2/c32-24(15-18-16-27-20-11-5-4-10-19(18)20)28-23(14-17-8-2-1-3-9-17)25(33)31-26-29-21-12-6-7-13-22(21)30-26/h1-13,16,23,27H,14-15H2,(H,28,32)(H2,29,30,31,33)/t23-/m0/s1. The van der Waals surface area contributed by atoms with E-state index in [4.69, 9.17) is 0 Å². The first-order valence-electron chi connectivity index (χ1n) is 10.8. The van der Waals surface area contributed by atoms with Crippen molar-refractivity contribution in [2.75, 3.05) is 5.32 Å². The second kappa shape index (κ2) is 9.00. The minimum absolute atomic E-state index is 0.174. The third kappa shape index (κ3) is 4.62. The Kier molecular flexibility index (Phi) is 5.59. The molecule has 5 aromatic rings. The Morgan fingerprint density at radius 2 is 1.61 bits per heavy atom. The zero-order valence-electron chi connectivity index (χ0n) is 17.8. The van der Waals surface area contributed by atoms with Crippen molar-refractivity contribution in [3.05, 3.63) is 96.2 Å². The molecule has 0 aliphatic carbocycles. The van der Waals surface area contributed by atoms with E-state index in [0.717, 1.165) is 33.1 Å². The topological polar surface area (TPSA) is 103 Å². The van der Waals surface area contributed by atoms with Crippen molar-refractivity contribution in [3.63, 3.8) is 0 Å². The van der Waals surface area contributed by atoms with Crippen LogP contribution in [0.4, 0.5) is 5.95 Å². The summed E-state index contributed by atoms with van der Waals surface area (Å²) < 4.78 is 0. The van der Waals surface area contributed by atoms with Gasteiger partial charge in [-0.2, -0.15) is 0 Å². The van der Waals surface area contributed by atoms with Crippen LogP contribution < -0.4 is 10.6 Å². The second-order valence-corrected chi connectivity index (χ2v) is 7.94. The van der Waals surface area contributed by atoms with E-state index in [1.165, 1.54) is 0 Å². The number of H-pyrrole nitrogens is 2. The Balaban J connectivity index is 1.34. The van der Waals surface area contributed by atoms with Crippen LogP contribution in [0.15, 0.2) is 85.1 Å². The molecule has 0 saturated heterocycles. The highest BCUT2D eigenvalue weighted by molar-refractivity contribution is 5.98. The molecule has 0 radical (unpaired) electrons. The zero-order valence-corrected chi connectivity index (χ0v) is 17.8. The molecule has 164 valence electrons. The average molecular weight is 438 g/mol. The van der Waals surface area contributed by atoms with Gasteiger partial charge in [-0.1, -0.05) is 60.7 Å². The third-order valence-electron chi connectivity index (χ3n) is 5.59. The largest absolute Gasteiger partial charge is 0.361 e. The number of para-hydroxylation sites is 3. The third-order valence-corrected chi connectivity index (χ3v) is 5.59. The number of fused-ring (bicyclic) bond motifs is 2. The van der Waals surface area contributed by atoms with Gasteiger partial charge in [0.1, 0.15) is 6.04 Å². The summed E-state index contributed by atoms with van der Waals surface area (Å²) >= 11 is 0. The van der Waals surface area contributed by atoms with Gasteiger partial charge >= 0.3 is 0 Å². The summed E-state index contributed by atoms with van der Waals surface area (Å²) in [5, 5.41) is 6.73. The lowest BCUT2D eigenvalue weighted by Gasteiger charge is -2.18. The molecule has 0 bridgehead atoms. The lowest BCUT2D eigenvalue weighted by molar-refractivity contribution is -0.126. The van der Waals surface area contributed by atoms with E-state index >= 15 is 0 Å². The number of nitrogens with one attached hydrogen (secondary N) is 4. The molecule has 7 heteroatoms. The molecule has 5 rings (SSSR count). The number of amides is 2. The predicted octanol–water partition coefficient (Wildman–Crippen LogP) is 3.95. The highest BCUT2D eigenvalue weighted by atomic mass is 16.2. The molecule has 3 aromatic carbocycles. The molecule has 0 aliphatic rings. The van der Waals surface area contributed by atoms with Crippen LogP contribution in [-0.4, -0.2) is 32.8 Å². The molecule has 33 heavy (non-hydrogen) atoms. The summed E-state index contributed by atoms with van der Waals surface area (Å²) in [7, 11) is 0. The first kappa shape index (κ1) is 20.5. The first-order chi connectivity index (χ1) is 16.2. The molecule has 2 amide bonds. The van der Waals surface area contributed by atoms with Gasteiger partial charge in [-0.3, -0.25) is 14.9 Å². The van der Waals surface area contributed by atoms with E-state index in [-0.39, 0.29) is 18.2 Å². The fourth-order valence-corrected chi connectivity index (χ4v) is 3.97. The smallest absolute Gasteiger partial charge is 0.249 e. The second-order valence-electron chi connectivity index (χ2n) is 7.94. The number of hydrogen-bond acceptors (Lipinski definition) is 3. The Hall–Kier alpha value is -4.39. The number of rotatable bonds is 7. The highest BCUT2D eigenvalue weighted by Crippen LogP contribution is 2.18. The van der Waals surface area contributed by atoms with E-state index in [9.17, 15) is 9.59 Å². The summed E-state index contributed by atoms with van der Waals surface area (Å²) in [6.45, 7) is 0. The summed E-state index contributed by atoms with van der Waals surface area (Å²) in [4.78, 5) is 36.8. The molecule has 0 spiro atoms. The molecule has 2 aromatic heterocycles. The van der Waals surface area contributed by atoms with E-state index in [1.54, 1.807) is 0 Å². The number of aromatic nitrogens is 3. The molecular weight excluding hydrogens is 414 g/mol. The predicted molar refractivity (Wildman–Crippen MR) is 129 cm³/mol. The Bertz CT molecular complexity index is 1390. The highest BCUT2D eigenvalue weighted by Gasteiger charge is 2.23. The number of anilines is 1. The molecule has 4 N–H and O–H groups in total. The zero-order chi connectivity index (χ0) is 22.6. The van der Waals surface area contributed by atoms with Gasteiger partial charge in [-0.05, 0) is 29.3 Å². The number of carbonyl (C=O) groups excluding carboxylic acids is 2. The average Bonchev–Trinajstić information content (AvgIpc) is 3.43. The number of benzene rings is 3. The van der Waals surface area contributed by atoms with Gasteiger partial charge in [-0.15, -0.1) is 0 Å². The Labute approximate surface area is 190 Å². The van der Waals surface area contributed by atoms with Crippen LogP contribution in [0.5, 0.6) is 0 Å². The van der Waals surface area contributed by atoms with Crippen molar-refractivity contribution in [2.24, 2.45) is 0 Å². The number of nitrogens with zero attached hydrogens (tertiary/aromatic N) is 1. The Morgan fingerprint density at radius 3 is 2.42 bits per heavy atom. The SMILES string of the molecule is O=C(Cc1c[nH]c2ccccc12)N[C@@H](Cc1ccccc1)C(=O)Nc1nc2ccccc2[nH]1. The maximum atomic E-state index is 13.2. The molecule has 0 saturated carbocycles. The van der Waals surface area contributed by atoms with Gasteiger partial charge < -0.3 is 15.3 Å². The van der Waals surface area contributed by atoms with Crippen LogP contribution in [0.3, 0.4) is 0 Å². The lowest BCUT2D eigenvalue weighted by atomic mass is 10.0. The fraction of sp³-hybridized carbons (Fsp3) is 0.115. The number of carbonyl (C=O) groups is 2. The van der Waals surface area contributed by atoms with Crippen molar-refractivity contribution in [1.82, 2.24) is 20.3 Å². The van der Waals surface area contributed by atoms with Crippen molar-refractivity contribution < 1.29 is 9.59 Å². The first-order valence-corrected chi connectivity index (χ1v) is 10.8. The quantitative estimate of drug-likeness (QED) is 0.310. The summed E-state index contributed by atoms with van der Waals surface area (Å²) in [5.74, 6) is -0.198. The van der Waals surface area contributed by atoms with Gasteiger partial charge in [0, 0.05) is 23.5 Å². The van der Waals surface area contributed by atoms with Crippen molar-refractivity contribution in [2.45, 2.75) is 18.9 Å². The Morgan fingerprint density at radius 1 is 0.879 bits per heavy atom. The number of imidazole rings is 1. The van der Waals surface area contributed by atoms with Gasteiger partial charge in [-0.25, -0.2) is 4.98 Å². The van der Waals surface area contributed by atoms with Crippen LogP contribution in [-0.2, 0) is 22.4 Å². The molecule has 0 aliphatic heterocycles.